The van der Waals surface area contributed by atoms with Crippen LogP contribution < -0.4 is 5.32 Å². The fourth-order valence-electron chi connectivity index (χ4n) is 1.47. The van der Waals surface area contributed by atoms with Crippen LogP contribution >= 0.6 is 15.9 Å². The van der Waals surface area contributed by atoms with Gasteiger partial charge in [-0.15, -0.1) is 0 Å². The van der Waals surface area contributed by atoms with Crippen LogP contribution in [0.5, 0.6) is 0 Å². The number of hydrogen-bond acceptors (Lipinski definition) is 4. The molecule has 2 N–H and O–H groups in total. The molecule has 0 amide bonds. The number of carbonyl (C=O) groups is 1. The van der Waals surface area contributed by atoms with Gasteiger partial charge in [0.1, 0.15) is 5.82 Å². The number of hydrogen-bond donors (Lipinski definition) is 2. The predicted octanol–water partition coefficient (Wildman–Crippen LogP) is 3.13. The third-order valence-corrected chi connectivity index (χ3v) is 3.07. The fourth-order valence-corrected chi connectivity index (χ4v) is 1.91. The summed E-state index contributed by atoms with van der Waals surface area (Å²) in [5, 5.41) is 11.6. The Morgan fingerprint density at radius 1 is 1.47 bits per heavy atom. The lowest BCUT2D eigenvalue weighted by Crippen LogP contribution is -2.06. The van der Waals surface area contributed by atoms with Crippen LogP contribution in [-0.4, -0.2) is 21.0 Å². The normalized spacial score (nSPS) is 10.3. The van der Waals surface area contributed by atoms with Crippen LogP contribution in [-0.2, 0) is 0 Å². The Kier molecular flexibility index (Phi) is 3.75. The minimum Gasteiger partial charge on any atom is -0.478 e. The number of carboxylic acids is 1. The monoisotopic (exact) mass is 325 g/mol. The Bertz CT molecular complexity index is 629. The molecule has 7 heteroatoms. The van der Waals surface area contributed by atoms with Crippen molar-refractivity contribution in [3.8, 4) is 0 Å². The van der Waals surface area contributed by atoms with Crippen molar-refractivity contribution in [1.29, 1.82) is 0 Å². The molecule has 1 heterocycles. The molecule has 2 aromatic rings. The van der Waals surface area contributed by atoms with E-state index in [1.54, 1.807) is 19.1 Å². The van der Waals surface area contributed by atoms with Gasteiger partial charge >= 0.3 is 5.97 Å². The molecule has 19 heavy (non-hydrogen) atoms. The van der Waals surface area contributed by atoms with Crippen LogP contribution in [0.1, 0.15) is 16.1 Å². The number of nitrogens with zero attached hydrogens (tertiary/aromatic N) is 2. The van der Waals surface area contributed by atoms with Gasteiger partial charge in [0.2, 0.25) is 5.95 Å². The van der Waals surface area contributed by atoms with Gasteiger partial charge in [-0.05, 0) is 35.0 Å². The number of aryl methyl sites for hydroxylation is 1. The van der Waals surface area contributed by atoms with Gasteiger partial charge < -0.3 is 10.4 Å². The van der Waals surface area contributed by atoms with E-state index in [-0.39, 0.29) is 17.2 Å². The van der Waals surface area contributed by atoms with Crippen LogP contribution in [0.3, 0.4) is 0 Å². The summed E-state index contributed by atoms with van der Waals surface area (Å²) in [7, 11) is 0. The van der Waals surface area contributed by atoms with E-state index in [9.17, 15) is 9.18 Å². The van der Waals surface area contributed by atoms with Gasteiger partial charge in [-0.1, -0.05) is 6.07 Å². The van der Waals surface area contributed by atoms with Crippen molar-refractivity contribution >= 4 is 33.5 Å². The van der Waals surface area contributed by atoms with E-state index in [0.29, 0.717) is 10.2 Å². The van der Waals surface area contributed by atoms with Crippen molar-refractivity contribution in [2.45, 2.75) is 6.92 Å². The van der Waals surface area contributed by atoms with Crippen molar-refractivity contribution in [3.05, 3.63) is 45.9 Å². The van der Waals surface area contributed by atoms with Gasteiger partial charge in [-0.3, -0.25) is 0 Å². The van der Waals surface area contributed by atoms with Gasteiger partial charge in [0.25, 0.3) is 0 Å². The average molecular weight is 326 g/mol. The summed E-state index contributed by atoms with van der Waals surface area (Å²) in [6.07, 6.45) is 1.18. The second-order valence-electron chi connectivity index (χ2n) is 3.72. The van der Waals surface area contributed by atoms with E-state index in [1.807, 2.05) is 0 Å². The second kappa shape index (κ2) is 5.31. The number of carboxylic acid groups (broad SMARTS) is 1. The summed E-state index contributed by atoms with van der Waals surface area (Å²) < 4.78 is 14.1. The molecule has 2 rings (SSSR count). The topological polar surface area (TPSA) is 75.1 Å². The minimum absolute atomic E-state index is 0.0122. The second-order valence-corrected chi connectivity index (χ2v) is 4.57. The summed E-state index contributed by atoms with van der Waals surface area (Å²) in [5.74, 6) is -1.43. The standard InChI is InChI=1S/C12H9BrFN3O2/c1-6-7(11(18)19)5-15-12(16-6)17-10-8(13)3-2-4-9(10)14/h2-5H,1H3,(H,18,19)(H,15,16,17). The summed E-state index contributed by atoms with van der Waals surface area (Å²) in [6, 6.07) is 4.53. The zero-order valence-corrected chi connectivity index (χ0v) is 11.4. The first-order valence-corrected chi connectivity index (χ1v) is 6.06. The quantitative estimate of drug-likeness (QED) is 0.906. The molecule has 0 bridgehead atoms. The number of benzene rings is 1. The molecule has 0 unspecified atom stereocenters. The average Bonchev–Trinajstić information content (AvgIpc) is 2.33. The number of nitrogens with one attached hydrogen (secondary N) is 1. The highest BCUT2D eigenvalue weighted by Gasteiger charge is 2.12. The van der Waals surface area contributed by atoms with E-state index in [4.69, 9.17) is 5.11 Å². The molecule has 98 valence electrons. The Labute approximate surface area is 116 Å². The van der Waals surface area contributed by atoms with Crippen molar-refractivity contribution in [1.82, 2.24) is 9.97 Å². The third kappa shape index (κ3) is 2.87. The number of aromatic carboxylic acids is 1. The maximum atomic E-state index is 13.6. The first kappa shape index (κ1) is 13.4. The summed E-state index contributed by atoms with van der Waals surface area (Å²) in [6.45, 7) is 1.55. The lowest BCUT2D eigenvalue weighted by molar-refractivity contribution is 0.0695. The molecule has 0 radical (unpaired) electrons. The molecule has 0 saturated carbocycles. The van der Waals surface area contributed by atoms with Gasteiger partial charge in [0.15, 0.2) is 0 Å². The summed E-state index contributed by atoms with van der Waals surface area (Å²) in [4.78, 5) is 18.7. The highest BCUT2D eigenvalue weighted by atomic mass is 79.9. The molecule has 0 atom stereocenters. The highest BCUT2D eigenvalue weighted by molar-refractivity contribution is 9.10. The first-order valence-electron chi connectivity index (χ1n) is 5.27. The van der Waals surface area contributed by atoms with E-state index < -0.39 is 11.8 Å². The predicted molar refractivity (Wildman–Crippen MR) is 71.1 cm³/mol. The molecular weight excluding hydrogens is 317 g/mol. The summed E-state index contributed by atoms with van der Waals surface area (Å²) >= 11 is 3.21. The molecule has 1 aromatic heterocycles. The Morgan fingerprint density at radius 2 is 2.21 bits per heavy atom. The van der Waals surface area contributed by atoms with Crippen LogP contribution in [0.25, 0.3) is 0 Å². The zero-order valence-electron chi connectivity index (χ0n) is 9.82. The van der Waals surface area contributed by atoms with E-state index >= 15 is 0 Å². The van der Waals surface area contributed by atoms with E-state index in [2.05, 4.69) is 31.2 Å². The van der Waals surface area contributed by atoms with Gasteiger partial charge in [0, 0.05) is 10.7 Å². The molecule has 0 spiro atoms. The fraction of sp³-hybridized carbons (Fsp3) is 0.0833. The van der Waals surface area contributed by atoms with E-state index in [1.165, 1.54) is 12.3 Å². The van der Waals surface area contributed by atoms with E-state index in [0.717, 1.165) is 0 Å². The van der Waals surface area contributed by atoms with Gasteiger partial charge in [-0.25, -0.2) is 19.2 Å². The smallest absolute Gasteiger partial charge is 0.339 e. The molecule has 1 aromatic carbocycles. The SMILES string of the molecule is Cc1nc(Nc2c(F)cccc2Br)ncc1C(=O)O. The Morgan fingerprint density at radius 3 is 2.79 bits per heavy atom. The number of para-hydroxylation sites is 1. The van der Waals surface area contributed by atoms with Crippen molar-refractivity contribution in [2.75, 3.05) is 5.32 Å². The number of aromatic nitrogens is 2. The number of anilines is 2. The van der Waals surface area contributed by atoms with Gasteiger partial charge in [-0.2, -0.15) is 0 Å². The molecule has 0 aliphatic heterocycles. The molecule has 0 fully saturated rings. The lowest BCUT2D eigenvalue weighted by atomic mass is 10.2. The van der Waals surface area contributed by atoms with Gasteiger partial charge in [0.05, 0.1) is 16.9 Å². The number of halogens is 2. The molecule has 0 aliphatic rings. The lowest BCUT2D eigenvalue weighted by Gasteiger charge is -2.09. The maximum Gasteiger partial charge on any atom is 0.339 e. The Hall–Kier alpha value is -2.02. The molecule has 5 nitrogen and oxygen atoms in total. The largest absolute Gasteiger partial charge is 0.478 e. The third-order valence-electron chi connectivity index (χ3n) is 2.41. The Balaban J connectivity index is 2.34. The van der Waals surface area contributed by atoms with Crippen molar-refractivity contribution in [2.24, 2.45) is 0 Å². The zero-order chi connectivity index (χ0) is 14.0. The minimum atomic E-state index is -1.10. The highest BCUT2D eigenvalue weighted by Crippen LogP contribution is 2.27. The summed E-state index contributed by atoms with van der Waals surface area (Å²) in [5.41, 5.74) is 0.514. The molecule has 0 saturated heterocycles. The van der Waals surface area contributed by atoms with Crippen molar-refractivity contribution in [3.63, 3.8) is 0 Å². The number of rotatable bonds is 3. The van der Waals surface area contributed by atoms with Crippen LogP contribution in [0.2, 0.25) is 0 Å². The maximum absolute atomic E-state index is 13.6. The first-order chi connectivity index (χ1) is 8.99. The molecule has 0 aliphatic carbocycles. The molecular formula is C12H9BrFN3O2. The van der Waals surface area contributed by atoms with Crippen LogP contribution in [0.15, 0.2) is 28.9 Å². The van der Waals surface area contributed by atoms with Crippen LogP contribution in [0, 0.1) is 12.7 Å². The van der Waals surface area contributed by atoms with Crippen LogP contribution in [0.4, 0.5) is 16.0 Å². The van der Waals surface area contributed by atoms with Crippen molar-refractivity contribution < 1.29 is 14.3 Å².